The standard InChI is InChI=1S/C13H20ClN3O2/c1-4-19-7-10(8(2)3)16-13(18)9-5-11(14)17-12(15)6-9/h5-6,8,10H,4,7H2,1-3H3,(H2,15,17)(H,16,18). The molecule has 0 saturated carbocycles. The molecular formula is C13H20ClN3O2. The van der Waals surface area contributed by atoms with E-state index in [0.717, 1.165) is 0 Å². The minimum absolute atomic E-state index is 0.0550. The summed E-state index contributed by atoms with van der Waals surface area (Å²) in [6.45, 7) is 7.07. The van der Waals surface area contributed by atoms with E-state index in [-0.39, 0.29) is 28.8 Å². The number of carbonyl (C=O) groups is 1. The maximum Gasteiger partial charge on any atom is 0.251 e. The van der Waals surface area contributed by atoms with Gasteiger partial charge in [0.05, 0.1) is 12.6 Å². The van der Waals surface area contributed by atoms with Gasteiger partial charge in [0, 0.05) is 12.2 Å². The van der Waals surface area contributed by atoms with Gasteiger partial charge >= 0.3 is 0 Å². The van der Waals surface area contributed by atoms with Crippen molar-refractivity contribution in [1.29, 1.82) is 0 Å². The predicted molar refractivity (Wildman–Crippen MR) is 76.2 cm³/mol. The monoisotopic (exact) mass is 285 g/mol. The van der Waals surface area contributed by atoms with E-state index >= 15 is 0 Å². The molecule has 1 heterocycles. The maximum absolute atomic E-state index is 12.1. The Morgan fingerprint density at radius 3 is 2.74 bits per heavy atom. The number of halogens is 1. The third-order valence-electron chi connectivity index (χ3n) is 2.70. The lowest BCUT2D eigenvalue weighted by atomic mass is 10.0. The topological polar surface area (TPSA) is 77.2 Å². The number of aromatic nitrogens is 1. The van der Waals surface area contributed by atoms with Gasteiger partial charge in [-0.15, -0.1) is 0 Å². The van der Waals surface area contributed by atoms with Gasteiger partial charge in [0.1, 0.15) is 11.0 Å². The van der Waals surface area contributed by atoms with Crippen LogP contribution >= 0.6 is 11.6 Å². The zero-order chi connectivity index (χ0) is 14.4. The average molecular weight is 286 g/mol. The van der Waals surface area contributed by atoms with Crippen molar-refractivity contribution >= 4 is 23.3 Å². The van der Waals surface area contributed by atoms with Crippen LogP contribution in [0.5, 0.6) is 0 Å². The van der Waals surface area contributed by atoms with Gasteiger partial charge in [-0.1, -0.05) is 25.4 Å². The Bertz CT molecular complexity index is 418. The molecule has 1 aromatic rings. The van der Waals surface area contributed by atoms with Crippen molar-refractivity contribution < 1.29 is 9.53 Å². The summed E-state index contributed by atoms with van der Waals surface area (Å²) in [6.07, 6.45) is 0. The second kappa shape index (κ2) is 7.31. The van der Waals surface area contributed by atoms with Crippen molar-refractivity contribution in [2.45, 2.75) is 26.8 Å². The fraction of sp³-hybridized carbons (Fsp3) is 0.538. The number of anilines is 1. The predicted octanol–water partition coefficient (Wildman–Crippen LogP) is 2.11. The molecule has 3 N–H and O–H groups in total. The third kappa shape index (κ3) is 5.04. The van der Waals surface area contributed by atoms with Crippen molar-refractivity contribution in [1.82, 2.24) is 10.3 Å². The van der Waals surface area contributed by atoms with Crippen LogP contribution in [0, 0.1) is 5.92 Å². The number of hydrogen-bond acceptors (Lipinski definition) is 4. The van der Waals surface area contributed by atoms with Crippen LogP contribution in [0.3, 0.4) is 0 Å². The minimum atomic E-state index is -0.227. The normalized spacial score (nSPS) is 12.5. The first-order valence-corrected chi connectivity index (χ1v) is 6.63. The average Bonchev–Trinajstić information content (AvgIpc) is 2.32. The van der Waals surface area contributed by atoms with Crippen molar-refractivity contribution in [3.8, 4) is 0 Å². The van der Waals surface area contributed by atoms with Crippen molar-refractivity contribution in [3.63, 3.8) is 0 Å². The SMILES string of the molecule is CCOCC(NC(=O)c1cc(N)nc(Cl)c1)C(C)C. The highest BCUT2D eigenvalue weighted by Gasteiger charge is 2.18. The molecule has 0 aliphatic heterocycles. The first kappa shape index (κ1) is 15.7. The number of rotatable bonds is 6. The number of pyridine rings is 1. The molecule has 106 valence electrons. The van der Waals surface area contributed by atoms with Crippen LogP contribution in [0.15, 0.2) is 12.1 Å². The molecule has 0 fully saturated rings. The molecule has 19 heavy (non-hydrogen) atoms. The van der Waals surface area contributed by atoms with Gasteiger partial charge in [-0.25, -0.2) is 4.98 Å². The summed E-state index contributed by atoms with van der Waals surface area (Å²) in [5.74, 6) is 0.267. The lowest BCUT2D eigenvalue weighted by Crippen LogP contribution is -2.42. The van der Waals surface area contributed by atoms with E-state index in [1.54, 1.807) is 0 Å². The van der Waals surface area contributed by atoms with Crippen LogP contribution in [0.25, 0.3) is 0 Å². The fourth-order valence-corrected chi connectivity index (χ4v) is 1.76. The molecule has 1 aromatic heterocycles. The molecule has 1 atom stereocenters. The van der Waals surface area contributed by atoms with Gasteiger partial charge in [0.25, 0.3) is 5.91 Å². The lowest BCUT2D eigenvalue weighted by Gasteiger charge is -2.22. The number of nitrogens with two attached hydrogens (primary N) is 1. The second-order valence-corrected chi connectivity index (χ2v) is 4.97. The van der Waals surface area contributed by atoms with Crippen LogP contribution in [0.2, 0.25) is 5.15 Å². The summed E-state index contributed by atoms with van der Waals surface area (Å²) in [7, 11) is 0. The molecule has 1 unspecified atom stereocenters. The Morgan fingerprint density at radius 1 is 1.53 bits per heavy atom. The Balaban J connectivity index is 2.75. The van der Waals surface area contributed by atoms with Crippen molar-refractivity contribution in [3.05, 3.63) is 22.8 Å². The summed E-state index contributed by atoms with van der Waals surface area (Å²) in [6, 6.07) is 2.94. The van der Waals surface area contributed by atoms with Gasteiger partial charge < -0.3 is 15.8 Å². The first-order valence-electron chi connectivity index (χ1n) is 6.25. The number of nitrogens with zero attached hydrogens (tertiary/aromatic N) is 1. The Labute approximate surface area is 118 Å². The molecular weight excluding hydrogens is 266 g/mol. The molecule has 6 heteroatoms. The van der Waals surface area contributed by atoms with E-state index in [1.807, 2.05) is 20.8 Å². The van der Waals surface area contributed by atoms with E-state index in [4.69, 9.17) is 22.1 Å². The number of amides is 1. The number of nitrogen functional groups attached to an aromatic ring is 1. The van der Waals surface area contributed by atoms with Gasteiger partial charge in [-0.05, 0) is 25.0 Å². The fourth-order valence-electron chi connectivity index (χ4n) is 1.55. The number of ether oxygens (including phenoxy) is 1. The van der Waals surface area contributed by atoms with Gasteiger partial charge in [0.2, 0.25) is 0 Å². The molecule has 1 rings (SSSR count). The van der Waals surface area contributed by atoms with E-state index in [1.165, 1.54) is 12.1 Å². The zero-order valence-corrected chi connectivity index (χ0v) is 12.2. The van der Waals surface area contributed by atoms with E-state index in [0.29, 0.717) is 18.8 Å². The highest BCUT2D eigenvalue weighted by molar-refractivity contribution is 6.29. The molecule has 0 aromatic carbocycles. The lowest BCUT2D eigenvalue weighted by molar-refractivity contribution is 0.0806. The van der Waals surface area contributed by atoms with Crippen LogP contribution in [-0.4, -0.2) is 30.1 Å². The van der Waals surface area contributed by atoms with Crippen molar-refractivity contribution in [2.24, 2.45) is 5.92 Å². The van der Waals surface area contributed by atoms with Crippen LogP contribution in [0.4, 0.5) is 5.82 Å². The molecule has 0 radical (unpaired) electrons. The minimum Gasteiger partial charge on any atom is -0.384 e. The Kier molecular flexibility index (Phi) is 6.05. The van der Waals surface area contributed by atoms with Crippen LogP contribution in [0.1, 0.15) is 31.1 Å². The van der Waals surface area contributed by atoms with E-state index in [2.05, 4.69) is 10.3 Å². The highest BCUT2D eigenvalue weighted by Crippen LogP contribution is 2.13. The molecule has 1 amide bonds. The number of hydrogen-bond donors (Lipinski definition) is 2. The quantitative estimate of drug-likeness (QED) is 0.785. The second-order valence-electron chi connectivity index (χ2n) is 4.59. The smallest absolute Gasteiger partial charge is 0.251 e. The summed E-state index contributed by atoms with van der Waals surface area (Å²) in [5, 5.41) is 3.12. The van der Waals surface area contributed by atoms with E-state index < -0.39 is 0 Å². The maximum atomic E-state index is 12.1. The summed E-state index contributed by atoms with van der Waals surface area (Å²) < 4.78 is 5.36. The zero-order valence-electron chi connectivity index (χ0n) is 11.4. The molecule has 0 aliphatic rings. The number of nitrogens with one attached hydrogen (secondary N) is 1. The molecule has 0 aliphatic carbocycles. The van der Waals surface area contributed by atoms with E-state index in [9.17, 15) is 4.79 Å². The molecule has 0 bridgehead atoms. The van der Waals surface area contributed by atoms with Gasteiger partial charge in [0.15, 0.2) is 0 Å². The summed E-state index contributed by atoms with van der Waals surface area (Å²) in [4.78, 5) is 15.9. The molecule has 0 saturated heterocycles. The third-order valence-corrected chi connectivity index (χ3v) is 2.89. The van der Waals surface area contributed by atoms with Crippen LogP contribution in [-0.2, 0) is 4.74 Å². The summed E-state index contributed by atoms with van der Waals surface area (Å²) in [5.41, 5.74) is 5.97. The molecule has 5 nitrogen and oxygen atoms in total. The Morgan fingerprint density at radius 2 is 2.21 bits per heavy atom. The van der Waals surface area contributed by atoms with Crippen LogP contribution < -0.4 is 11.1 Å². The van der Waals surface area contributed by atoms with Crippen molar-refractivity contribution in [2.75, 3.05) is 18.9 Å². The largest absolute Gasteiger partial charge is 0.384 e. The first-order chi connectivity index (χ1) is 8.93. The van der Waals surface area contributed by atoms with Gasteiger partial charge in [-0.2, -0.15) is 0 Å². The highest BCUT2D eigenvalue weighted by atomic mass is 35.5. The molecule has 0 spiro atoms. The Hall–Kier alpha value is -1.33. The number of carbonyl (C=O) groups excluding carboxylic acids is 1. The van der Waals surface area contributed by atoms with Gasteiger partial charge in [-0.3, -0.25) is 4.79 Å². The summed E-state index contributed by atoms with van der Waals surface area (Å²) >= 11 is 5.78.